The smallest absolute Gasteiger partial charge is 0.328 e. The van der Waals surface area contributed by atoms with Crippen LogP contribution in [0, 0.1) is 5.92 Å². The third-order valence-corrected chi connectivity index (χ3v) is 3.07. The molecule has 0 amide bonds. The summed E-state index contributed by atoms with van der Waals surface area (Å²) in [6, 6.07) is 0. The van der Waals surface area contributed by atoms with Gasteiger partial charge >= 0.3 is 5.97 Å². The summed E-state index contributed by atoms with van der Waals surface area (Å²) in [6.45, 7) is 1.81. The zero-order chi connectivity index (χ0) is 11.1. The second kappa shape index (κ2) is 6.62. The molecular formula is C12H21NO2. The topological polar surface area (TPSA) is 40.5 Å². The van der Waals surface area contributed by atoms with Gasteiger partial charge in [0.05, 0.1) is 0 Å². The van der Waals surface area contributed by atoms with E-state index in [0.717, 1.165) is 19.0 Å². The van der Waals surface area contributed by atoms with Crippen LogP contribution in [0.15, 0.2) is 12.2 Å². The lowest BCUT2D eigenvalue weighted by molar-refractivity contribution is -0.131. The first-order valence-electron chi connectivity index (χ1n) is 5.76. The minimum Gasteiger partial charge on any atom is -0.478 e. The number of likely N-dealkylation sites (N-methyl/N-ethyl adjacent to an activating group) is 1. The highest BCUT2D eigenvalue weighted by Crippen LogP contribution is 2.27. The number of hydrogen-bond donors (Lipinski definition) is 1. The molecule has 1 fully saturated rings. The Kier molecular flexibility index (Phi) is 5.40. The van der Waals surface area contributed by atoms with Crippen LogP contribution in [0.25, 0.3) is 0 Å². The highest BCUT2D eigenvalue weighted by Gasteiger charge is 2.14. The van der Waals surface area contributed by atoms with Crippen molar-refractivity contribution in [2.24, 2.45) is 5.92 Å². The predicted octanol–water partition coefficient (Wildman–Crippen LogP) is 2.14. The summed E-state index contributed by atoms with van der Waals surface area (Å²) < 4.78 is 0. The molecule has 15 heavy (non-hydrogen) atoms. The number of rotatable bonds is 6. The van der Waals surface area contributed by atoms with Gasteiger partial charge in [0, 0.05) is 12.6 Å². The molecule has 0 atom stereocenters. The van der Waals surface area contributed by atoms with E-state index in [1.54, 1.807) is 6.08 Å². The van der Waals surface area contributed by atoms with Crippen molar-refractivity contribution in [2.75, 3.05) is 20.1 Å². The Balaban J connectivity index is 2.07. The number of aliphatic carboxylic acids is 1. The first kappa shape index (κ1) is 12.2. The summed E-state index contributed by atoms with van der Waals surface area (Å²) in [7, 11) is 2.04. The molecule has 3 heteroatoms. The number of nitrogens with zero attached hydrogens (tertiary/aromatic N) is 1. The molecule has 0 bridgehead atoms. The summed E-state index contributed by atoms with van der Waals surface area (Å²) >= 11 is 0. The fourth-order valence-electron chi connectivity index (χ4n) is 2.13. The van der Waals surface area contributed by atoms with Crippen LogP contribution >= 0.6 is 0 Å². The van der Waals surface area contributed by atoms with Crippen LogP contribution in [-0.2, 0) is 4.79 Å². The van der Waals surface area contributed by atoms with Crippen LogP contribution in [0.1, 0.15) is 32.1 Å². The maximum absolute atomic E-state index is 10.2. The standard InChI is InChI=1S/C12H21NO2/c1-13(9-4-7-12(14)15)10-8-11-5-2-3-6-11/h4,7,11H,2-3,5-6,8-10H2,1H3,(H,14,15)/b7-4+. The third-order valence-electron chi connectivity index (χ3n) is 3.07. The van der Waals surface area contributed by atoms with Gasteiger partial charge in [-0.2, -0.15) is 0 Å². The molecule has 0 aromatic heterocycles. The van der Waals surface area contributed by atoms with E-state index in [1.165, 1.54) is 38.2 Å². The summed E-state index contributed by atoms with van der Waals surface area (Å²) in [5, 5.41) is 8.42. The molecule has 1 aliphatic rings. The average Bonchev–Trinajstić information content (AvgIpc) is 2.66. The Hall–Kier alpha value is -0.830. The molecule has 0 radical (unpaired) electrons. The monoisotopic (exact) mass is 211 g/mol. The van der Waals surface area contributed by atoms with Crippen molar-refractivity contribution >= 4 is 5.97 Å². The molecule has 1 rings (SSSR count). The molecule has 86 valence electrons. The Morgan fingerprint density at radius 1 is 1.47 bits per heavy atom. The van der Waals surface area contributed by atoms with E-state index in [2.05, 4.69) is 4.90 Å². The van der Waals surface area contributed by atoms with Gasteiger partial charge in [-0.05, 0) is 25.9 Å². The average molecular weight is 211 g/mol. The molecule has 1 saturated carbocycles. The molecule has 1 aliphatic carbocycles. The molecule has 0 unspecified atom stereocenters. The number of carboxylic acids is 1. The van der Waals surface area contributed by atoms with E-state index in [0.29, 0.717) is 0 Å². The van der Waals surface area contributed by atoms with Crippen LogP contribution in [0.5, 0.6) is 0 Å². The highest BCUT2D eigenvalue weighted by molar-refractivity contribution is 5.79. The number of carboxylic acid groups (broad SMARTS) is 1. The van der Waals surface area contributed by atoms with Crippen molar-refractivity contribution in [2.45, 2.75) is 32.1 Å². The van der Waals surface area contributed by atoms with Gasteiger partial charge in [-0.3, -0.25) is 0 Å². The molecule has 0 aromatic carbocycles. The van der Waals surface area contributed by atoms with E-state index in [4.69, 9.17) is 5.11 Å². The lowest BCUT2D eigenvalue weighted by atomic mass is 10.0. The Labute approximate surface area is 91.8 Å². The van der Waals surface area contributed by atoms with Crippen LogP contribution in [0.4, 0.5) is 0 Å². The molecule has 0 aliphatic heterocycles. The lowest BCUT2D eigenvalue weighted by Gasteiger charge is -2.16. The van der Waals surface area contributed by atoms with Crippen molar-refractivity contribution < 1.29 is 9.90 Å². The predicted molar refractivity (Wildman–Crippen MR) is 60.8 cm³/mol. The summed E-state index contributed by atoms with van der Waals surface area (Å²) in [4.78, 5) is 12.4. The minimum absolute atomic E-state index is 0.735. The third kappa shape index (κ3) is 5.57. The summed E-state index contributed by atoms with van der Waals surface area (Å²) in [5.74, 6) is 0.0510. The van der Waals surface area contributed by atoms with Gasteiger partial charge in [0.25, 0.3) is 0 Å². The van der Waals surface area contributed by atoms with Gasteiger partial charge in [-0.1, -0.05) is 31.8 Å². The molecule has 0 spiro atoms. The molecule has 1 N–H and O–H groups in total. The molecular weight excluding hydrogens is 190 g/mol. The highest BCUT2D eigenvalue weighted by atomic mass is 16.4. The van der Waals surface area contributed by atoms with Crippen molar-refractivity contribution in [1.29, 1.82) is 0 Å². The quantitative estimate of drug-likeness (QED) is 0.684. The van der Waals surface area contributed by atoms with Gasteiger partial charge < -0.3 is 10.0 Å². The SMILES string of the molecule is CN(C/C=C/C(=O)O)CCC1CCCC1. The van der Waals surface area contributed by atoms with Gasteiger partial charge in [0.2, 0.25) is 0 Å². The largest absolute Gasteiger partial charge is 0.478 e. The van der Waals surface area contributed by atoms with Crippen molar-refractivity contribution in [3.63, 3.8) is 0 Å². The zero-order valence-electron chi connectivity index (χ0n) is 9.48. The van der Waals surface area contributed by atoms with Crippen LogP contribution in [0.3, 0.4) is 0 Å². The Morgan fingerprint density at radius 2 is 2.13 bits per heavy atom. The number of carbonyl (C=O) groups is 1. The van der Waals surface area contributed by atoms with E-state index in [-0.39, 0.29) is 0 Å². The van der Waals surface area contributed by atoms with Crippen LogP contribution < -0.4 is 0 Å². The van der Waals surface area contributed by atoms with E-state index in [9.17, 15) is 4.79 Å². The number of hydrogen-bond acceptors (Lipinski definition) is 2. The van der Waals surface area contributed by atoms with Gasteiger partial charge in [0.1, 0.15) is 0 Å². The molecule has 0 heterocycles. The van der Waals surface area contributed by atoms with Gasteiger partial charge in [0.15, 0.2) is 0 Å². The van der Waals surface area contributed by atoms with Crippen molar-refractivity contribution in [3.05, 3.63) is 12.2 Å². The maximum Gasteiger partial charge on any atom is 0.328 e. The van der Waals surface area contributed by atoms with E-state index < -0.39 is 5.97 Å². The fourth-order valence-corrected chi connectivity index (χ4v) is 2.13. The normalized spacial score (nSPS) is 18.0. The summed E-state index contributed by atoms with van der Waals surface area (Å²) in [6.07, 6.45) is 9.75. The first-order chi connectivity index (χ1) is 7.18. The van der Waals surface area contributed by atoms with Gasteiger partial charge in [-0.25, -0.2) is 4.79 Å². The van der Waals surface area contributed by atoms with E-state index in [1.807, 2.05) is 7.05 Å². The van der Waals surface area contributed by atoms with E-state index >= 15 is 0 Å². The van der Waals surface area contributed by atoms with Crippen LogP contribution in [0.2, 0.25) is 0 Å². The Morgan fingerprint density at radius 3 is 2.73 bits per heavy atom. The maximum atomic E-state index is 10.2. The second-order valence-electron chi connectivity index (χ2n) is 4.44. The second-order valence-corrected chi connectivity index (χ2v) is 4.44. The minimum atomic E-state index is -0.862. The lowest BCUT2D eigenvalue weighted by Crippen LogP contribution is -2.21. The van der Waals surface area contributed by atoms with Gasteiger partial charge in [-0.15, -0.1) is 0 Å². The summed E-state index contributed by atoms with van der Waals surface area (Å²) in [5.41, 5.74) is 0. The van der Waals surface area contributed by atoms with Crippen molar-refractivity contribution in [1.82, 2.24) is 4.90 Å². The zero-order valence-corrected chi connectivity index (χ0v) is 9.48. The first-order valence-corrected chi connectivity index (χ1v) is 5.76. The molecule has 0 aromatic rings. The van der Waals surface area contributed by atoms with Crippen LogP contribution in [-0.4, -0.2) is 36.1 Å². The fraction of sp³-hybridized carbons (Fsp3) is 0.750. The Bertz CT molecular complexity index is 220. The molecule has 3 nitrogen and oxygen atoms in total. The van der Waals surface area contributed by atoms with Crippen molar-refractivity contribution in [3.8, 4) is 0 Å². The molecule has 0 saturated heterocycles.